The van der Waals surface area contributed by atoms with Crippen LogP contribution < -0.4 is 0 Å². The summed E-state index contributed by atoms with van der Waals surface area (Å²) >= 11 is 0. The molecule has 0 saturated heterocycles. The van der Waals surface area contributed by atoms with Crippen molar-refractivity contribution in [1.29, 1.82) is 0 Å². The van der Waals surface area contributed by atoms with Crippen molar-refractivity contribution in [2.24, 2.45) is 40.9 Å². The highest BCUT2D eigenvalue weighted by molar-refractivity contribution is 5.83. The summed E-state index contributed by atoms with van der Waals surface area (Å²) in [6.45, 7) is 8.26. The highest BCUT2D eigenvalue weighted by Crippen LogP contribution is 2.67. The molecule has 0 spiro atoms. The summed E-state index contributed by atoms with van der Waals surface area (Å²) in [7, 11) is 0. The van der Waals surface area contributed by atoms with E-state index in [2.05, 4.69) is 20.4 Å². The van der Waals surface area contributed by atoms with E-state index >= 15 is 0 Å². The summed E-state index contributed by atoms with van der Waals surface area (Å²) in [5.74, 6) is 2.93. The van der Waals surface area contributed by atoms with Crippen LogP contribution in [0, 0.1) is 40.9 Å². The number of esters is 2. The molecular formula is C26H36O4. The van der Waals surface area contributed by atoms with E-state index in [0.29, 0.717) is 35.3 Å². The van der Waals surface area contributed by atoms with Gasteiger partial charge in [0.15, 0.2) is 0 Å². The molecule has 30 heavy (non-hydrogen) atoms. The van der Waals surface area contributed by atoms with Crippen LogP contribution in [0.25, 0.3) is 0 Å². The van der Waals surface area contributed by atoms with Crippen molar-refractivity contribution in [3.05, 3.63) is 24.5 Å². The smallest absolute Gasteiger partial charge is 0.335 e. The van der Waals surface area contributed by atoms with Crippen LogP contribution in [-0.2, 0) is 19.1 Å². The van der Waals surface area contributed by atoms with Crippen LogP contribution in [0.3, 0.4) is 0 Å². The molecule has 0 N–H and O–H groups in total. The molecule has 0 aromatic rings. The molecule has 3 atom stereocenters. The molecule has 6 aliphatic carbocycles. The zero-order valence-electron chi connectivity index (χ0n) is 18.5. The Balaban J connectivity index is 1.38. The van der Waals surface area contributed by atoms with Crippen molar-refractivity contribution in [3.63, 3.8) is 0 Å². The Bertz CT molecular complexity index is 756. The lowest BCUT2D eigenvalue weighted by Crippen LogP contribution is -2.65. The van der Waals surface area contributed by atoms with E-state index in [0.717, 1.165) is 17.9 Å². The Morgan fingerprint density at radius 1 is 1.07 bits per heavy atom. The molecule has 0 heterocycles. The summed E-state index contributed by atoms with van der Waals surface area (Å²) < 4.78 is 11.8. The maximum absolute atomic E-state index is 13.3. The third kappa shape index (κ3) is 3.26. The second kappa shape index (κ2) is 7.24. The average molecular weight is 413 g/mol. The van der Waals surface area contributed by atoms with Crippen LogP contribution in [0.5, 0.6) is 0 Å². The van der Waals surface area contributed by atoms with Crippen molar-refractivity contribution in [2.75, 3.05) is 0 Å². The van der Waals surface area contributed by atoms with E-state index in [4.69, 9.17) is 9.47 Å². The minimum Gasteiger partial charge on any atom is -0.458 e. The summed E-state index contributed by atoms with van der Waals surface area (Å²) in [6.07, 6.45) is 14.6. The van der Waals surface area contributed by atoms with Gasteiger partial charge in [-0.05, 0) is 74.2 Å². The predicted molar refractivity (Wildman–Crippen MR) is 114 cm³/mol. The first-order chi connectivity index (χ1) is 14.3. The third-order valence-corrected chi connectivity index (χ3v) is 9.21. The largest absolute Gasteiger partial charge is 0.458 e. The van der Waals surface area contributed by atoms with E-state index in [-0.39, 0.29) is 17.5 Å². The van der Waals surface area contributed by atoms with Gasteiger partial charge in [0.2, 0.25) is 0 Å². The molecule has 0 aliphatic heterocycles. The molecule has 4 nitrogen and oxygen atoms in total. The molecule has 5 fully saturated rings. The fourth-order valence-corrected chi connectivity index (χ4v) is 8.08. The van der Waals surface area contributed by atoms with Crippen LogP contribution >= 0.6 is 0 Å². The SMILES string of the molecule is C=CC(=O)OC1=CC(C(=O)OC2(C3CCC(C)CC3)C3CC4CC2CC(C)(C4)C3)C1. The lowest BCUT2D eigenvalue weighted by atomic mass is 9.42. The van der Waals surface area contributed by atoms with E-state index in [1.54, 1.807) is 6.08 Å². The lowest BCUT2D eigenvalue weighted by Gasteiger charge is -2.66. The van der Waals surface area contributed by atoms with Crippen LogP contribution in [0.15, 0.2) is 24.5 Å². The van der Waals surface area contributed by atoms with Gasteiger partial charge in [-0.1, -0.05) is 33.3 Å². The Morgan fingerprint density at radius 3 is 2.27 bits per heavy atom. The topological polar surface area (TPSA) is 52.6 Å². The number of hydrogen-bond donors (Lipinski definition) is 0. The Labute approximate surface area is 180 Å². The van der Waals surface area contributed by atoms with Crippen molar-refractivity contribution in [2.45, 2.75) is 83.7 Å². The summed E-state index contributed by atoms with van der Waals surface area (Å²) in [4.78, 5) is 24.7. The molecule has 4 bridgehead atoms. The zero-order valence-corrected chi connectivity index (χ0v) is 18.5. The number of rotatable bonds is 5. The average Bonchev–Trinajstić information content (AvgIpc) is 2.66. The van der Waals surface area contributed by atoms with E-state index in [1.807, 2.05) is 0 Å². The van der Waals surface area contributed by atoms with Gasteiger partial charge in [-0.15, -0.1) is 0 Å². The van der Waals surface area contributed by atoms with Crippen molar-refractivity contribution in [3.8, 4) is 0 Å². The highest BCUT2D eigenvalue weighted by atomic mass is 16.6. The number of carbonyl (C=O) groups is 2. The molecule has 0 amide bonds. The molecule has 6 aliphatic rings. The summed E-state index contributed by atoms with van der Waals surface area (Å²) in [5.41, 5.74) is 0.200. The lowest BCUT2D eigenvalue weighted by molar-refractivity contribution is -0.248. The fraction of sp³-hybridized carbons (Fsp3) is 0.769. The zero-order chi connectivity index (χ0) is 21.1. The molecule has 0 aromatic heterocycles. The van der Waals surface area contributed by atoms with Gasteiger partial charge in [-0.25, -0.2) is 4.79 Å². The molecule has 3 unspecified atom stereocenters. The number of carbonyl (C=O) groups excluding carboxylic acids is 2. The van der Waals surface area contributed by atoms with Gasteiger partial charge in [-0.2, -0.15) is 0 Å². The van der Waals surface area contributed by atoms with E-state index < -0.39 is 5.97 Å². The minimum atomic E-state index is -0.463. The monoisotopic (exact) mass is 412 g/mol. The Kier molecular flexibility index (Phi) is 4.91. The number of ether oxygens (including phenoxy) is 2. The first-order valence-corrected chi connectivity index (χ1v) is 12.1. The van der Waals surface area contributed by atoms with Crippen molar-refractivity contribution in [1.82, 2.24) is 0 Å². The Hall–Kier alpha value is -1.58. The summed E-state index contributed by atoms with van der Waals surface area (Å²) in [6, 6.07) is 0. The number of allylic oxidation sites excluding steroid dienone is 1. The van der Waals surface area contributed by atoms with Gasteiger partial charge in [0.25, 0.3) is 0 Å². The van der Waals surface area contributed by atoms with E-state index in [1.165, 1.54) is 57.8 Å². The van der Waals surface area contributed by atoms with Gasteiger partial charge in [0.1, 0.15) is 11.4 Å². The van der Waals surface area contributed by atoms with Gasteiger partial charge in [0.05, 0.1) is 5.92 Å². The molecule has 164 valence electrons. The van der Waals surface area contributed by atoms with Crippen LogP contribution in [-0.4, -0.2) is 17.5 Å². The quantitative estimate of drug-likeness (QED) is 0.437. The molecule has 4 heteroatoms. The Morgan fingerprint density at radius 2 is 1.70 bits per heavy atom. The molecule has 5 saturated carbocycles. The van der Waals surface area contributed by atoms with Crippen LogP contribution in [0.1, 0.15) is 78.1 Å². The van der Waals surface area contributed by atoms with Gasteiger partial charge in [0, 0.05) is 24.3 Å². The normalized spacial score (nSPS) is 46.5. The molecule has 0 aromatic carbocycles. The third-order valence-electron chi connectivity index (χ3n) is 9.21. The second-order valence-electron chi connectivity index (χ2n) is 11.5. The van der Waals surface area contributed by atoms with Crippen LogP contribution in [0.4, 0.5) is 0 Å². The molecule has 0 radical (unpaired) electrons. The molecular weight excluding hydrogens is 376 g/mol. The van der Waals surface area contributed by atoms with E-state index in [9.17, 15) is 9.59 Å². The highest BCUT2D eigenvalue weighted by Gasteiger charge is 2.65. The second-order valence-corrected chi connectivity index (χ2v) is 11.5. The predicted octanol–water partition coefficient (Wildman–Crippen LogP) is 5.57. The van der Waals surface area contributed by atoms with Gasteiger partial charge < -0.3 is 9.47 Å². The standard InChI is InChI=1S/C26H36O4/c1-4-23(27)29-22-11-18(12-22)24(28)30-26(19-7-5-16(2)6-8-19)20-9-17-10-21(26)15-25(3,13-17)14-20/h4,11,16-21H,1,5-10,12-15H2,2-3H3. The summed E-state index contributed by atoms with van der Waals surface area (Å²) in [5, 5.41) is 0. The maximum Gasteiger partial charge on any atom is 0.335 e. The maximum atomic E-state index is 13.3. The first kappa shape index (κ1) is 20.3. The van der Waals surface area contributed by atoms with Gasteiger partial charge >= 0.3 is 11.9 Å². The first-order valence-electron chi connectivity index (χ1n) is 12.1. The molecule has 6 rings (SSSR count). The van der Waals surface area contributed by atoms with Gasteiger partial charge in [-0.3, -0.25) is 4.79 Å². The minimum absolute atomic E-state index is 0.0929. The number of hydrogen-bond acceptors (Lipinski definition) is 4. The van der Waals surface area contributed by atoms with Crippen molar-refractivity contribution < 1.29 is 19.1 Å². The van der Waals surface area contributed by atoms with Crippen LogP contribution in [0.2, 0.25) is 0 Å². The van der Waals surface area contributed by atoms with Crippen molar-refractivity contribution >= 4 is 11.9 Å². The fourth-order valence-electron chi connectivity index (χ4n) is 8.08.